The molecule has 0 aromatic carbocycles. The molecule has 0 amide bonds. The van der Waals surface area contributed by atoms with Gasteiger partial charge in [0, 0.05) is 10.6 Å². The van der Waals surface area contributed by atoms with Gasteiger partial charge in [0.1, 0.15) is 16.5 Å². The zero-order chi connectivity index (χ0) is 15.4. The highest BCUT2D eigenvalue weighted by Gasteiger charge is 2.20. The Labute approximate surface area is 127 Å². The van der Waals surface area contributed by atoms with Gasteiger partial charge >= 0.3 is 5.97 Å². The van der Waals surface area contributed by atoms with E-state index in [9.17, 15) is 9.59 Å². The fourth-order valence-electron chi connectivity index (χ4n) is 2.24. The molecule has 1 aromatic rings. The standard InChI is InChI=1S/C15H16N2O3S/c1-9(17)11(7-16)12(18)8-20-15(19)14-6-10-4-2-3-5-13(10)21-14/h6H,2-5,8,17H2,1H3/b11-9+. The lowest BCUT2D eigenvalue weighted by Crippen LogP contribution is -2.17. The summed E-state index contributed by atoms with van der Waals surface area (Å²) in [5.41, 5.74) is 6.61. The number of carbonyl (C=O) groups excluding carboxylic acids is 2. The number of carbonyl (C=O) groups is 2. The van der Waals surface area contributed by atoms with Gasteiger partial charge in [-0.2, -0.15) is 5.26 Å². The lowest BCUT2D eigenvalue weighted by molar-refractivity contribution is -0.118. The molecule has 1 aromatic heterocycles. The molecule has 1 heterocycles. The molecule has 0 fully saturated rings. The van der Waals surface area contributed by atoms with Gasteiger partial charge in [0.15, 0.2) is 6.61 Å². The van der Waals surface area contributed by atoms with Crippen LogP contribution in [0.1, 0.15) is 39.9 Å². The molecule has 0 aliphatic heterocycles. The molecule has 0 saturated carbocycles. The predicted octanol–water partition coefficient (Wildman–Crippen LogP) is 2.11. The maximum Gasteiger partial charge on any atom is 0.348 e. The molecule has 6 heteroatoms. The first-order chi connectivity index (χ1) is 10.0. The van der Waals surface area contributed by atoms with E-state index in [1.54, 1.807) is 6.07 Å². The van der Waals surface area contributed by atoms with E-state index in [2.05, 4.69) is 0 Å². The van der Waals surface area contributed by atoms with Crippen molar-refractivity contribution in [1.29, 1.82) is 5.26 Å². The maximum absolute atomic E-state index is 12.0. The Morgan fingerprint density at radius 2 is 2.14 bits per heavy atom. The first kappa shape index (κ1) is 15.3. The zero-order valence-electron chi connectivity index (χ0n) is 11.8. The van der Waals surface area contributed by atoms with E-state index in [-0.39, 0.29) is 11.3 Å². The molecule has 21 heavy (non-hydrogen) atoms. The van der Waals surface area contributed by atoms with Crippen molar-refractivity contribution in [2.24, 2.45) is 5.73 Å². The Morgan fingerprint density at radius 1 is 1.43 bits per heavy atom. The molecule has 5 nitrogen and oxygen atoms in total. The largest absolute Gasteiger partial charge is 0.453 e. The van der Waals surface area contributed by atoms with Gasteiger partial charge in [0.05, 0.1) is 0 Å². The number of allylic oxidation sites excluding steroid dienone is 1. The molecule has 0 bridgehead atoms. The SMILES string of the molecule is C/C(N)=C(/C#N)C(=O)COC(=O)c1cc2c(s1)CCCC2. The molecule has 110 valence electrons. The predicted molar refractivity (Wildman–Crippen MR) is 78.8 cm³/mol. The van der Waals surface area contributed by atoms with E-state index in [4.69, 9.17) is 15.7 Å². The van der Waals surface area contributed by atoms with Crippen LogP contribution in [0, 0.1) is 11.3 Å². The van der Waals surface area contributed by atoms with E-state index in [0.29, 0.717) is 4.88 Å². The number of ether oxygens (including phenoxy) is 1. The highest BCUT2D eigenvalue weighted by Crippen LogP contribution is 2.30. The van der Waals surface area contributed by atoms with Crippen LogP contribution in [-0.4, -0.2) is 18.4 Å². The van der Waals surface area contributed by atoms with Crippen molar-refractivity contribution in [3.63, 3.8) is 0 Å². The molecule has 0 spiro atoms. The van der Waals surface area contributed by atoms with Crippen molar-refractivity contribution in [1.82, 2.24) is 0 Å². The summed E-state index contributed by atoms with van der Waals surface area (Å²) in [6, 6.07) is 3.57. The fourth-order valence-corrected chi connectivity index (χ4v) is 3.38. The Morgan fingerprint density at radius 3 is 2.76 bits per heavy atom. The van der Waals surface area contributed by atoms with Gasteiger partial charge < -0.3 is 10.5 Å². The number of hydrogen-bond acceptors (Lipinski definition) is 6. The van der Waals surface area contributed by atoms with E-state index in [1.807, 2.05) is 6.07 Å². The molecular formula is C15H16N2O3S. The summed E-state index contributed by atoms with van der Waals surface area (Å²) in [4.78, 5) is 25.4. The van der Waals surface area contributed by atoms with Gasteiger partial charge in [-0.3, -0.25) is 4.79 Å². The van der Waals surface area contributed by atoms with Crippen molar-refractivity contribution in [2.75, 3.05) is 6.61 Å². The summed E-state index contributed by atoms with van der Waals surface area (Å²) < 4.78 is 4.98. The highest BCUT2D eigenvalue weighted by atomic mass is 32.1. The minimum absolute atomic E-state index is 0.130. The first-order valence-corrected chi connectivity index (χ1v) is 7.53. The number of fused-ring (bicyclic) bond motifs is 1. The molecule has 2 rings (SSSR count). The van der Waals surface area contributed by atoms with Crippen LogP contribution >= 0.6 is 11.3 Å². The molecule has 0 radical (unpaired) electrons. The number of nitriles is 1. The van der Waals surface area contributed by atoms with Crippen LogP contribution in [0.4, 0.5) is 0 Å². The molecule has 0 atom stereocenters. The highest BCUT2D eigenvalue weighted by molar-refractivity contribution is 7.14. The van der Waals surface area contributed by atoms with Gasteiger partial charge in [-0.1, -0.05) is 0 Å². The quantitative estimate of drug-likeness (QED) is 0.522. The van der Waals surface area contributed by atoms with Crippen LogP contribution in [0.5, 0.6) is 0 Å². The summed E-state index contributed by atoms with van der Waals surface area (Å²) in [6.07, 6.45) is 4.28. The number of thiophene rings is 1. The number of Topliss-reactive ketones (excluding diaryl/α,β-unsaturated/α-hetero) is 1. The number of ketones is 1. The average Bonchev–Trinajstić information content (AvgIpc) is 2.89. The van der Waals surface area contributed by atoms with E-state index >= 15 is 0 Å². The average molecular weight is 304 g/mol. The van der Waals surface area contributed by atoms with Gasteiger partial charge in [0.2, 0.25) is 5.78 Å². The number of hydrogen-bond donors (Lipinski definition) is 1. The van der Waals surface area contributed by atoms with E-state index in [0.717, 1.165) is 25.7 Å². The van der Waals surface area contributed by atoms with Gasteiger partial charge in [-0.15, -0.1) is 11.3 Å². The number of aryl methyl sites for hydroxylation is 2. The van der Waals surface area contributed by atoms with Crippen LogP contribution in [0.3, 0.4) is 0 Å². The number of nitrogens with two attached hydrogens (primary N) is 1. The molecule has 0 saturated heterocycles. The fraction of sp³-hybridized carbons (Fsp3) is 0.400. The minimum Gasteiger partial charge on any atom is -0.453 e. The van der Waals surface area contributed by atoms with Crippen molar-refractivity contribution in [3.8, 4) is 6.07 Å². The minimum atomic E-state index is -0.577. The number of esters is 1. The second-order valence-electron chi connectivity index (χ2n) is 4.94. The Kier molecular flexibility index (Phi) is 4.76. The van der Waals surface area contributed by atoms with Crippen LogP contribution in [0.2, 0.25) is 0 Å². The van der Waals surface area contributed by atoms with Crippen LogP contribution < -0.4 is 5.73 Å². The van der Waals surface area contributed by atoms with Crippen molar-refractivity contribution >= 4 is 23.1 Å². The zero-order valence-corrected chi connectivity index (χ0v) is 12.6. The second-order valence-corrected chi connectivity index (χ2v) is 6.07. The van der Waals surface area contributed by atoms with E-state index in [1.165, 1.54) is 28.7 Å². The second kappa shape index (κ2) is 6.55. The van der Waals surface area contributed by atoms with E-state index < -0.39 is 18.4 Å². The lowest BCUT2D eigenvalue weighted by Gasteiger charge is -2.08. The topological polar surface area (TPSA) is 93.2 Å². The van der Waals surface area contributed by atoms with Gasteiger partial charge in [-0.25, -0.2) is 4.79 Å². The van der Waals surface area contributed by atoms with Crippen LogP contribution in [0.15, 0.2) is 17.3 Å². The maximum atomic E-state index is 12.0. The summed E-state index contributed by atoms with van der Waals surface area (Å²) in [5, 5.41) is 8.81. The third-order valence-corrected chi connectivity index (χ3v) is 4.53. The summed E-state index contributed by atoms with van der Waals surface area (Å²) in [5.74, 6) is -1.10. The van der Waals surface area contributed by atoms with Crippen molar-refractivity contribution in [2.45, 2.75) is 32.6 Å². The Hall–Kier alpha value is -2.13. The third-order valence-electron chi connectivity index (χ3n) is 3.32. The molecule has 1 aliphatic carbocycles. The monoisotopic (exact) mass is 304 g/mol. The summed E-state index contributed by atoms with van der Waals surface area (Å²) in [7, 11) is 0. The summed E-state index contributed by atoms with van der Waals surface area (Å²) >= 11 is 1.43. The van der Waals surface area contributed by atoms with Crippen LogP contribution in [-0.2, 0) is 22.4 Å². The Balaban J connectivity index is 1.99. The van der Waals surface area contributed by atoms with Crippen molar-refractivity contribution in [3.05, 3.63) is 32.7 Å². The number of nitrogens with zero attached hydrogens (tertiary/aromatic N) is 1. The van der Waals surface area contributed by atoms with Gasteiger partial charge in [-0.05, 0) is 44.2 Å². The molecule has 1 aliphatic rings. The van der Waals surface area contributed by atoms with Crippen molar-refractivity contribution < 1.29 is 14.3 Å². The smallest absolute Gasteiger partial charge is 0.348 e. The normalized spacial score (nSPS) is 14.7. The Bertz CT molecular complexity index is 625. The summed E-state index contributed by atoms with van der Waals surface area (Å²) in [6.45, 7) is 1.00. The van der Waals surface area contributed by atoms with Crippen LogP contribution in [0.25, 0.3) is 0 Å². The molecular weight excluding hydrogens is 288 g/mol. The van der Waals surface area contributed by atoms with Gasteiger partial charge in [0.25, 0.3) is 0 Å². The number of rotatable bonds is 4. The third kappa shape index (κ3) is 3.50. The lowest BCUT2D eigenvalue weighted by atomic mass is 9.99. The molecule has 0 unspecified atom stereocenters. The first-order valence-electron chi connectivity index (χ1n) is 6.71. The molecule has 2 N–H and O–H groups in total.